The van der Waals surface area contributed by atoms with Gasteiger partial charge in [-0.2, -0.15) is 0 Å². The molecule has 1 rings (SSSR count). The fourth-order valence-electron chi connectivity index (χ4n) is 0.993. The lowest BCUT2D eigenvalue weighted by Crippen LogP contribution is -2.00. The molecule has 0 aromatic heterocycles. The van der Waals surface area contributed by atoms with E-state index >= 15 is 0 Å². The zero-order chi connectivity index (χ0) is 9.52. The van der Waals surface area contributed by atoms with Crippen LogP contribution in [0, 0.1) is 17.7 Å². The highest BCUT2D eigenvalue weighted by Gasteiger charge is 1.91. The molecule has 0 fully saturated rings. The molecular formula is C11H12FN. The minimum absolute atomic E-state index is 0.216. The maximum Gasteiger partial charge on any atom is 0.125 e. The zero-order valence-corrected chi connectivity index (χ0v) is 7.60. The zero-order valence-electron chi connectivity index (χ0n) is 7.60. The van der Waals surface area contributed by atoms with E-state index in [0.717, 1.165) is 18.7 Å². The highest BCUT2D eigenvalue weighted by atomic mass is 19.1. The van der Waals surface area contributed by atoms with Crippen molar-refractivity contribution >= 4 is 5.69 Å². The van der Waals surface area contributed by atoms with Crippen LogP contribution in [0.2, 0.25) is 0 Å². The summed E-state index contributed by atoms with van der Waals surface area (Å²) < 4.78 is 12.7. The predicted molar refractivity (Wildman–Crippen MR) is 53.0 cm³/mol. The molecule has 13 heavy (non-hydrogen) atoms. The number of nitrogens with one attached hydrogen (secondary N) is 1. The third-order valence-electron chi connectivity index (χ3n) is 1.58. The Morgan fingerprint density at radius 1 is 1.46 bits per heavy atom. The molecule has 0 atom stereocenters. The van der Waals surface area contributed by atoms with Crippen LogP contribution in [0.5, 0.6) is 0 Å². The van der Waals surface area contributed by atoms with Gasteiger partial charge in [0.25, 0.3) is 0 Å². The van der Waals surface area contributed by atoms with Crippen LogP contribution in [0.15, 0.2) is 24.3 Å². The summed E-state index contributed by atoms with van der Waals surface area (Å²) in [5.74, 6) is 5.51. The molecule has 1 nitrogen and oxygen atoms in total. The Balaban J connectivity index is 2.39. The summed E-state index contributed by atoms with van der Waals surface area (Å²) in [6.45, 7) is 2.56. The van der Waals surface area contributed by atoms with Gasteiger partial charge in [0, 0.05) is 18.7 Å². The first-order chi connectivity index (χ1) is 6.33. The van der Waals surface area contributed by atoms with Gasteiger partial charge in [-0.3, -0.25) is 0 Å². The molecule has 1 N–H and O–H groups in total. The Kier molecular flexibility index (Phi) is 3.84. The van der Waals surface area contributed by atoms with E-state index in [9.17, 15) is 4.39 Å². The number of halogens is 1. The first-order valence-electron chi connectivity index (χ1n) is 4.22. The number of rotatable bonds is 3. The molecule has 0 aliphatic heterocycles. The van der Waals surface area contributed by atoms with Crippen LogP contribution in [0.3, 0.4) is 0 Å². The minimum atomic E-state index is -0.216. The molecule has 0 amide bonds. The molecular weight excluding hydrogens is 165 g/mol. The van der Waals surface area contributed by atoms with Crippen molar-refractivity contribution in [3.8, 4) is 11.8 Å². The van der Waals surface area contributed by atoms with Crippen molar-refractivity contribution in [2.75, 3.05) is 11.9 Å². The Morgan fingerprint density at radius 2 is 2.31 bits per heavy atom. The van der Waals surface area contributed by atoms with Gasteiger partial charge in [-0.15, -0.1) is 11.8 Å². The second-order valence-electron chi connectivity index (χ2n) is 2.61. The maximum atomic E-state index is 12.7. The fraction of sp³-hybridized carbons (Fsp3) is 0.273. The van der Waals surface area contributed by atoms with Crippen molar-refractivity contribution in [2.24, 2.45) is 0 Å². The van der Waals surface area contributed by atoms with Gasteiger partial charge in [0.05, 0.1) is 0 Å². The molecule has 0 spiro atoms. The van der Waals surface area contributed by atoms with Crippen molar-refractivity contribution in [3.05, 3.63) is 30.1 Å². The van der Waals surface area contributed by atoms with E-state index in [1.807, 2.05) is 13.0 Å². The molecule has 2 heteroatoms. The summed E-state index contributed by atoms with van der Waals surface area (Å²) in [5, 5.41) is 3.08. The predicted octanol–water partition coefficient (Wildman–Crippen LogP) is 2.65. The van der Waals surface area contributed by atoms with Gasteiger partial charge >= 0.3 is 0 Å². The summed E-state index contributed by atoms with van der Waals surface area (Å²) >= 11 is 0. The van der Waals surface area contributed by atoms with Gasteiger partial charge in [-0.25, -0.2) is 4.39 Å². The molecule has 1 aromatic rings. The molecule has 0 saturated heterocycles. The molecule has 0 aliphatic carbocycles. The van der Waals surface area contributed by atoms with E-state index in [4.69, 9.17) is 0 Å². The number of hydrogen-bond donors (Lipinski definition) is 1. The highest BCUT2D eigenvalue weighted by Crippen LogP contribution is 2.08. The second-order valence-corrected chi connectivity index (χ2v) is 2.61. The second kappa shape index (κ2) is 5.21. The standard InChI is InChI=1S/C11H12FN/c1-2-3-4-8-13-11-7-5-6-10(12)9-11/h5-7,9,13H,4,8H2,1H3. The molecule has 0 radical (unpaired) electrons. The summed E-state index contributed by atoms with van der Waals surface area (Å²) in [4.78, 5) is 0. The lowest BCUT2D eigenvalue weighted by Gasteiger charge is -2.02. The van der Waals surface area contributed by atoms with Gasteiger partial charge < -0.3 is 5.32 Å². The first-order valence-corrected chi connectivity index (χ1v) is 4.22. The number of hydrogen-bond acceptors (Lipinski definition) is 1. The first kappa shape index (κ1) is 9.60. The van der Waals surface area contributed by atoms with Crippen molar-refractivity contribution in [3.63, 3.8) is 0 Å². The van der Waals surface area contributed by atoms with Crippen LogP contribution < -0.4 is 5.32 Å². The topological polar surface area (TPSA) is 12.0 Å². The van der Waals surface area contributed by atoms with Gasteiger partial charge in [0.2, 0.25) is 0 Å². The molecule has 0 bridgehead atoms. The van der Waals surface area contributed by atoms with E-state index in [0.29, 0.717) is 0 Å². The Labute approximate surface area is 78.0 Å². The lowest BCUT2D eigenvalue weighted by molar-refractivity contribution is 0.628. The van der Waals surface area contributed by atoms with E-state index in [1.165, 1.54) is 12.1 Å². The van der Waals surface area contributed by atoms with E-state index < -0.39 is 0 Å². The number of benzene rings is 1. The normalized spacial score (nSPS) is 8.77. The smallest absolute Gasteiger partial charge is 0.125 e. The Bertz CT molecular complexity index is 322. The Hall–Kier alpha value is -1.49. The van der Waals surface area contributed by atoms with Gasteiger partial charge in [0.1, 0.15) is 5.82 Å². The van der Waals surface area contributed by atoms with Crippen LogP contribution in [0.25, 0.3) is 0 Å². The average Bonchev–Trinajstić information content (AvgIpc) is 2.13. The molecule has 0 heterocycles. The van der Waals surface area contributed by atoms with Crippen LogP contribution in [-0.4, -0.2) is 6.54 Å². The summed E-state index contributed by atoms with van der Waals surface area (Å²) in [6, 6.07) is 6.42. The molecule has 0 saturated carbocycles. The summed E-state index contributed by atoms with van der Waals surface area (Å²) in [6.07, 6.45) is 0.785. The number of anilines is 1. The SMILES string of the molecule is CC#CCCNc1cccc(F)c1. The van der Waals surface area contributed by atoms with Gasteiger partial charge in [0.15, 0.2) is 0 Å². The van der Waals surface area contributed by atoms with Crippen molar-refractivity contribution in [1.29, 1.82) is 0 Å². The molecule has 0 aliphatic rings. The van der Waals surface area contributed by atoms with E-state index in [2.05, 4.69) is 17.2 Å². The third-order valence-corrected chi connectivity index (χ3v) is 1.58. The lowest BCUT2D eigenvalue weighted by atomic mass is 10.3. The molecule has 68 valence electrons. The van der Waals surface area contributed by atoms with E-state index in [-0.39, 0.29) is 5.82 Å². The highest BCUT2D eigenvalue weighted by molar-refractivity contribution is 5.43. The third kappa shape index (κ3) is 3.62. The van der Waals surface area contributed by atoms with Crippen LogP contribution >= 0.6 is 0 Å². The summed E-state index contributed by atoms with van der Waals surface area (Å²) in [5.41, 5.74) is 0.804. The van der Waals surface area contributed by atoms with Gasteiger partial charge in [-0.1, -0.05) is 6.07 Å². The quantitative estimate of drug-likeness (QED) is 0.553. The average molecular weight is 177 g/mol. The van der Waals surface area contributed by atoms with Crippen molar-refractivity contribution in [1.82, 2.24) is 0 Å². The largest absolute Gasteiger partial charge is 0.384 e. The fourth-order valence-corrected chi connectivity index (χ4v) is 0.993. The summed E-state index contributed by atoms with van der Waals surface area (Å²) in [7, 11) is 0. The van der Waals surface area contributed by atoms with Crippen LogP contribution in [-0.2, 0) is 0 Å². The van der Waals surface area contributed by atoms with Gasteiger partial charge in [-0.05, 0) is 25.1 Å². The molecule has 1 aromatic carbocycles. The minimum Gasteiger partial charge on any atom is -0.384 e. The van der Waals surface area contributed by atoms with Crippen molar-refractivity contribution < 1.29 is 4.39 Å². The van der Waals surface area contributed by atoms with E-state index in [1.54, 1.807) is 6.07 Å². The maximum absolute atomic E-state index is 12.7. The Morgan fingerprint density at radius 3 is 3.00 bits per heavy atom. The van der Waals surface area contributed by atoms with Crippen LogP contribution in [0.4, 0.5) is 10.1 Å². The molecule has 0 unspecified atom stereocenters. The monoisotopic (exact) mass is 177 g/mol. The van der Waals surface area contributed by atoms with Crippen LogP contribution in [0.1, 0.15) is 13.3 Å². The van der Waals surface area contributed by atoms with Crippen molar-refractivity contribution in [2.45, 2.75) is 13.3 Å².